The zero-order valence-corrected chi connectivity index (χ0v) is 5.68. The van der Waals surface area contributed by atoms with Crippen molar-refractivity contribution in [3.8, 4) is 0 Å². The highest BCUT2D eigenvalue weighted by Crippen LogP contribution is 1.91. The number of nitrogens with zero attached hydrogens (tertiary/aromatic N) is 1. The minimum absolute atomic E-state index is 0.635. The maximum atomic E-state index is 8.65. The average Bonchev–Trinajstić information content (AvgIpc) is 1.65. The smallest absolute Gasteiger partial charge is 0.0442 e. The van der Waals surface area contributed by atoms with Crippen LogP contribution in [0.4, 0.5) is 0 Å². The third-order valence-corrected chi connectivity index (χ3v) is 0.971. The molecule has 48 valence electrons. The second-order valence-electron chi connectivity index (χ2n) is 1.95. The van der Waals surface area contributed by atoms with Crippen LogP contribution in [-0.2, 0) is 0 Å². The van der Waals surface area contributed by atoms with Crippen LogP contribution in [0.3, 0.4) is 0 Å². The first kappa shape index (κ1) is 7.66. The quantitative estimate of drug-likeness (QED) is 0.433. The summed E-state index contributed by atoms with van der Waals surface area (Å²) in [5, 5.41) is 9.81. The van der Waals surface area contributed by atoms with E-state index < -0.39 is 0 Å². The van der Waals surface area contributed by atoms with Gasteiger partial charge < -0.3 is 5.21 Å². The summed E-state index contributed by atoms with van der Waals surface area (Å²) in [5.74, 6) is 0. The van der Waals surface area contributed by atoms with Gasteiger partial charge in [-0.3, -0.25) is 0 Å². The standard InChI is InChI=1S/C6H13NO/c1-4-6(2)5-7(3)8/h4,8H,5H2,1-3H3/b6-4-. The molecule has 0 atom stereocenters. The van der Waals surface area contributed by atoms with Crippen LogP contribution in [0, 0.1) is 0 Å². The summed E-state index contributed by atoms with van der Waals surface area (Å²) in [7, 11) is 1.63. The third kappa shape index (κ3) is 3.84. The Morgan fingerprint density at radius 3 is 2.38 bits per heavy atom. The molecule has 0 aromatic rings. The summed E-state index contributed by atoms with van der Waals surface area (Å²) >= 11 is 0. The lowest BCUT2D eigenvalue weighted by atomic mass is 10.3. The van der Waals surface area contributed by atoms with Crippen LogP contribution >= 0.6 is 0 Å². The van der Waals surface area contributed by atoms with E-state index in [9.17, 15) is 0 Å². The molecular weight excluding hydrogens is 102 g/mol. The summed E-state index contributed by atoms with van der Waals surface area (Å²) in [5.41, 5.74) is 1.18. The lowest BCUT2D eigenvalue weighted by Crippen LogP contribution is -2.14. The molecule has 0 aliphatic carbocycles. The lowest BCUT2D eigenvalue weighted by molar-refractivity contribution is -0.0557. The van der Waals surface area contributed by atoms with Gasteiger partial charge in [0.2, 0.25) is 0 Å². The van der Waals surface area contributed by atoms with E-state index in [4.69, 9.17) is 5.21 Å². The number of hydrogen-bond acceptors (Lipinski definition) is 2. The first-order valence-electron chi connectivity index (χ1n) is 2.68. The van der Waals surface area contributed by atoms with E-state index in [1.54, 1.807) is 7.05 Å². The van der Waals surface area contributed by atoms with Crippen molar-refractivity contribution in [2.45, 2.75) is 13.8 Å². The summed E-state index contributed by atoms with van der Waals surface area (Å²) in [4.78, 5) is 0. The van der Waals surface area contributed by atoms with Gasteiger partial charge in [0.1, 0.15) is 0 Å². The predicted molar refractivity (Wildman–Crippen MR) is 33.8 cm³/mol. The van der Waals surface area contributed by atoms with Gasteiger partial charge in [-0.1, -0.05) is 11.6 Å². The molecule has 2 nitrogen and oxygen atoms in total. The Morgan fingerprint density at radius 2 is 2.25 bits per heavy atom. The van der Waals surface area contributed by atoms with Crippen LogP contribution in [-0.4, -0.2) is 23.9 Å². The van der Waals surface area contributed by atoms with Crippen molar-refractivity contribution in [1.82, 2.24) is 5.06 Å². The molecule has 0 unspecified atom stereocenters. The van der Waals surface area contributed by atoms with Gasteiger partial charge in [0.15, 0.2) is 0 Å². The van der Waals surface area contributed by atoms with Crippen LogP contribution in [0.5, 0.6) is 0 Å². The van der Waals surface area contributed by atoms with E-state index in [0.717, 1.165) is 5.06 Å². The van der Waals surface area contributed by atoms with E-state index in [2.05, 4.69) is 0 Å². The fourth-order valence-corrected chi connectivity index (χ4v) is 0.452. The number of allylic oxidation sites excluding steroid dienone is 1. The van der Waals surface area contributed by atoms with E-state index in [1.807, 2.05) is 19.9 Å². The second kappa shape index (κ2) is 3.64. The van der Waals surface area contributed by atoms with Crippen molar-refractivity contribution in [3.63, 3.8) is 0 Å². The molecular formula is C6H13NO. The lowest BCUT2D eigenvalue weighted by Gasteiger charge is -2.06. The molecule has 8 heavy (non-hydrogen) atoms. The molecule has 1 N–H and O–H groups in total. The van der Waals surface area contributed by atoms with E-state index >= 15 is 0 Å². The highest BCUT2D eigenvalue weighted by molar-refractivity contribution is 4.96. The van der Waals surface area contributed by atoms with E-state index in [1.165, 1.54) is 5.57 Å². The summed E-state index contributed by atoms with van der Waals surface area (Å²) in [6.07, 6.45) is 1.98. The molecule has 0 saturated heterocycles. The fourth-order valence-electron chi connectivity index (χ4n) is 0.452. The zero-order chi connectivity index (χ0) is 6.57. The number of likely N-dealkylation sites (N-methyl/N-ethyl adjacent to an activating group) is 1. The van der Waals surface area contributed by atoms with Crippen LogP contribution in [0.1, 0.15) is 13.8 Å². The normalized spacial score (nSPS) is 12.9. The summed E-state index contributed by atoms with van der Waals surface area (Å²) in [6.45, 7) is 4.57. The summed E-state index contributed by atoms with van der Waals surface area (Å²) in [6, 6.07) is 0. The molecule has 0 saturated carbocycles. The maximum Gasteiger partial charge on any atom is 0.0442 e. The topological polar surface area (TPSA) is 23.5 Å². The fraction of sp³-hybridized carbons (Fsp3) is 0.667. The van der Waals surface area contributed by atoms with Crippen molar-refractivity contribution in [2.24, 2.45) is 0 Å². The minimum Gasteiger partial charge on any atom is -0.314 e. The molecule has 0 aliphatic heterocycles. The Hall–Kier alpha value is -0.340. The van der Waals surface area contributed by atoms with Crippen LogP contribution in [0.25, 0.3) is 0 Å². The molecule has 0 amide bonds. The van der Waals surface area contributed by atoms with Crippen LogP contribution in [0.2, 0.25) is 0 Å². The Morgan fingerprint density at radius 1 is 1.75 bits per heavy atom. The predicted octanol–water partition coefficient (Wildman–Crippen LogP) is 1.27. The molecule has 0 aliphatic rings. The monoisotopic (exact) mass is 115 g/mol. The van der Waals surface area contributed by atoms with Gasteiger partial charge in [-0.2, -0.15) is 5.06 Å². The Kier molecular flexibility index (Phi) is 3.48. The highest BCUT2D eigenvalue weighted by atomic mass is 16.5. The van der Waals surface area contributed by atoms with Gasteiger partial charge in [0.25, 0.3) is 0 Å². The minimum atomic E-state index is 0.635. The maximum absolute atomic E-state index is 8.65. The third-order valence-electron chi connectivity index (χ3n) is 0.971. The van der Waals surface area contributed by atoms with Gasteiger partial charge in [0, 0.05) is 13.6 Å². The second-order valence-corrected chi connectivity index (χ2v) is 1.95. The zero-order valence-electron chi connectivity index (χ0n) is 5.68. The van der Waals surface area contributed by atoms with Crippen LogP contribution < -0.4 is 0 Å². The highest BCUT2D eigenvalue weighted by Gasteiger charge is 1.89. The molecule has 2 heteroatoms. The van der Waals surface area contributed by atoms with Gasteiger partial charge in [0.05, 0.1) is 0 Å². The Balaban J connectivity index is 3.39. The number of hydroxylamine groups is 2. The van der Waals surface area contributed by atoms with Crippen molar-refractivity contribution < 1.29 is 5.21 Å². The molecule has 0 aromatic heterocycles. The van der Waals surface area contributed by atoms with Gasteiger partial charge in [-0.25, -0.2) is 0 Å². The van der Waals surface area contributed by atoms with Crippen molar-refractivity contribution in [1.29, 1.82) is 0 Å². The van der Waals surface area contributed by atoms with Crippen molar-refractivity contribution in [3.05, 3.63) is 11.6 Å². The largest absolute Gasteiger partial charge is 0.314 e. The first-order chi connectivity index (χ1) is 3.66. The molecule has 0 heterocycles. The Bertz CT molecular complexity index is 86.5. The first-order valence-corrected chi connectivity index (χ1v) is 2.68. The molecule has 0 bridgehead atoms. The molecule has 0 rings (SSSR count). The molecule has 0 radical (unpaired) electrons. The number of rotatable bonds is 2. The van der Waals surface area contributed by atoms with Gasteiger partial charge in [-0.05, 0) is 13.8 Å². The Labute approximate surface area is 50.4 Å². The summed E-state index contributed by atoms with van der Waals surface area (Å²) < 4.78 is 0. The molecule has 0 fully saturated rings. The van der Waals surface area contributed by atoms with Crippen molar-refractivity contribution >= 4 is 0 Å². The van der Waals surface area contributed by atoms with Gasteiger partial charge in [-0.15, -0.1) is 0 Å². The van der Waals surface area contributed by atoms with Crippen molar-refractivity contribution in [2.75, 3.05) is 13.6 Å². The van der Waals surface area contributed by atoms with E-state index in [-0.39, 0.29) is 0 Å². The van der Waals surface area contributed by atoms with E-state index in [0.29, 0.717) is 6.54 Å². The average molecular weight is 115 g/mol. The molecule has 0 spiro atoms. The van der Waals surface area contributed by atoms with Gasteiger partial charge >= 0.3 is 0 Å². The molecule has 0 aromatic carbocycles. The SMILES string of the molecule is C/C=C(/C)CN(C)O. The van der Waals surface area contributed by atoms with Crippen LogP contribution in [0.15, 0.2) is 11.6 Å². The number of hydrogen-bond donors (Lipinski definition) is 1.